The molecular formula is C11H12N4O2. The van der Waals surface area contributed by atoms with Gasteiger partial charge in [0.25, 0.3) is 5.91 Å². The summed E-state index contributed by atoms with van der Waals surface area (Å²) in [6.07, 6.45) is 4.74. The predicted octanol–water partition coefficient (Wildman–Crippen LogP) is 1.67. The summed E-state index contributed by atoms with van der Waals surface area (Å²) in [6, 6.07) is 3.49. The van der Waals surface area contributed by atoms with E-state index in [0.717, 1.165) is 6.42 Å². The first-order valence-corrected chi connectivity index (χ1v) is 5.34. The lowest BCUT2D eigenvalue weighted by atomic mass is 10.2. The zero-order chi connectivity index (χ0) is 12.1. The maximum Gasteiger partial charge on any atom is 0.279 e. The Morgan fingerprint density at radius 3 is 3.06 bits per heavy atom. The molecule has 1 amide bonds. The summed E-state index contributed by atoms with van der Waals surface area (Å²) < 4.78 is 4.58. The Hall–Kier alpha value is -2.24. The van der Waals surface area contributed by atoms with E-state index in [1.165, 1.54) is 0 Å². The highest BCUT2D eigenvalue weighted by atomic mass is 16.6. The van der Waals surface area contributed by atoms with Crippen LogP contribution in [0.1, 0.15) is 29.5 Å². The van der Waals surface area contributed by atoms with Gasteiger partial charge in [0, 0.05) is 6.20 Å². The van der Waals surface area contributed by atoms with Crippen molar-refractivity contribution >= 4 is 11.6 Å². The lowest BCUT2D eigenvalue weighted by molar-refractivity contribution is 0.101. The van der Waals surface area contributed by atoms with Gasteiger partial charge in [0.15, 0.2) is 5.69 Å². The fraction of sp³-hybridized carbons (Fsp3) is 0.273. The standard InChI is InChI=1S/C11H12N4O2/c1-2-4-9-10(15-17-14-9)11(16)13-8-5-3-6-12-7-8/h3,5-7H,2,4H2,1H3,(H,13,16). The van der Waals surface area contributed by atoms with E-state index < -0.39 is 0 Å². The van der Waals surface area contributed by atoms with Crippen molar-refractivity contribution in [1.29, 1.82) is 0 Å². The quantitative estimate of drug-likeness (QED) is 0.867. The molecule has 0 unspecified atom stereocenters. The zero-order valence-corrected chi connectivity index (χ0v) is 9.38. The highest BCUT2D eigenvalue weighted by Crippen LogP contribution is 2.09. The number of hydrogen-bond donors (Lipinski definition) is 1. The van der Waals surface area contributed by atoms with Gasteiger partial charge in [-0.25, -0.2) is 4.63 Å². The highest BCUT2D eigenvalue weighted by Gasteiger charge is 2.17. The smallest absolute Gasteiger partial charge is 0.279 e. The van der Waals surface area contributed by atoms with Crippen LogP contribution in [-0.4, -0.2) is 21.2 Å². The van der Waals surface area contributed by atoms with Crippen LogP contribution in [0.5, 0.6) is 0 Å². The molecule has 0 fully saturated rings. The van der Waals surface area contributed by atoms with Crippen LogP contribution in [0.2, 0.25) is 0 Å². The predicted molar refractivity (Wildman–Crippen MR) is 60.5 cm³/mol. The molecule has 0 saturated heterocycles. The Morgan fingerprint density at radius 2 is 2.35 bits per heavy atom. The van der Waals surface area contributed by atoms with Gasteiger partial charge in [-0.15, -0.1) is 0 Å². The van der Waals surface area contributed by atoms with E-state index in [0.29, 0.717) is 17.8 Å². The SMILES string of the molecule is CCCc1nonc1C(=O)Nc1cccnc1. The van der Waals surface area contributed by atoms with Crippen LogP contribution < -0.4 is 5.32 Å². The molecule has 2 heterocycles. The van der Waals surface area contributed by atoms with Crippen LogP contribution in [0.4, 0.5) is 5.69 Å². The first-order chi connectivity index (χ1) is 8.31. The molecule has 0 spiro atoms. The molecule has 0 saturated carbocycles. The van der Waals surface area contributed by atoms with E-state index in [4.69, 9.17) is 0 Å². The van der Waals surface area contributed by atoms with Crippen molar-refractivity contribution in [2.75, 3.05) is 5.32 Å². The van der Waals surface area contributed by atoms with Gasteiger partial charge >= 0.3 is 0 Å². The lowest BCUT2D eigenvalue weighted by Crippen LogP contribution is -2.14. The van der Waals surface area contributed by atoms with Gasteiger partial charge in [-0.3, -0.25) is 9.78 Å². The maximum absolute atomic E-state index is 11.9. The molecule has 1 N–H and O–H groups in total. The molecule has 17 heavy (non-hydrogen) atoms. The number of amides is 1. The average Bonchev–Trinajstić information content (AvgIpc) is 2.79. The minimum absolute atomic E-state index is 0.232. The molecule has 0 radical (unpaired) electrons. The lowest BCUT2D eigenvalue weighted by Gasteiger charge is -2.01. The Bertz CT molecular complexity index is 495. The molecule has 0 bridgehead atoms. The fourth-order valence-corrected chi connectivity index (χ4v) is 1.41. The Balaban J connectivity index is 2.12. The first kappa shape index (κ1) is 11.3. The Morgan fingerprint density at radius 1 is 1.47 bits per heavy atom. The number of nitrogens with one attached hydrogen (secondary N) is 1. The molecule has 0 aliphatic heterocycles. The second kappa shape index (κ2) is 5.20. The van der Waals surface area contributed by atoms with Crippen molar-refractivity contribution < 1.29 is 9.42 Å². The number of aromatic nitrogens is 3. The fourth-order valence-electron chi connectivity index (χ4n) is 1.41. The maximum atomic E-state index is 11.9. The molecule has 0 aliphatic carbocycles. The van der Waals surface area contributed by atoms with Crippen molar-refractivity contribution in [3.05, 3.63) is 35.9 Å². The molecule has 88 valence electrons. The molecule has 2 aromatic rings. The normalized spacial score (nSPS) is 10.2. The highest BCUT2D eigenvalue weighted by molar-refractivity contribution is 6.03. The van der Waals surface area contributed by atoms with E-state index in [9.17, 15) is 4.79 Å². The number of hydrogen-bond acceptors (Lipinski definition) is 5. The van der Waals surface area contributed by atoms with Crippen LogP contribution in [0.15, 0.2) is 29.2 Å². The number of carbonyl (C=O) groups is 1. The van der Waals surface area contributed by atoms with E-state index in [2.05, 4.69) is 25.2 Å². The van der Waals surface area contributed by atoms with Crippen molar-refractivity contribution in [2.45, 2.75) is 19.8 Å². The molecule has 0 aromatic carbocycles. The van der Waals surface area contributed by atoms with Crippen LogP contribution in [0, 0.1) is 0 Å². The summed E-state index contributed by atoms with van der Waals surface area (Å²) in [6.45, 7) is 2.00. The third-order valence-electron chi connectivity index (χ3n) is 2.18. The number of aryl methyl sites for hydroxylation is 1. The average molecular weight is 232 g/mol. The van der Waals surface area contributed by atoms with Crippen LogP contribution in [0.25, 0.3) is 0 Å². The number of pyridine rings is 1. The molecule has 6 nitrogen and oxygen atoms in total. The van der Waals surface area contributed by atoms with Crippen molar-refractivity contribution in [3.8, 4) is 0 Å². The molecule has 0 atom stereocenters. The van der Waals surface area contributed by atoms with E-state index in [1.54, 1.807) is 24.5 Å². The Kier molecular flexibility index (Phi) is 3.44. The minimum Gasteiger partial charge on any atom is -0.319 e. The Labute approximate surface area is 98.0 Å². The number of rotatable bonds is 4. The van der Waals surface area contributed by atoms with E-state index in [-0.39, 0.29) is 11.6 Å². The van der Waals surface area contributed by atoms with Crippen LogP contribution in [0.3, 0.4) is 0 Å². The summed E-state index contributed by atoms with van der Waals surface area (Å²) in [4.78, 5) is 15.8. The molecule has 2 aromatic heterocycles. The minimum atomic E-state index is -0.331. The molecule has 2 rings (SSSR count). The van der Waals surface area contributed by atoms with Gasteiger partial charge in [-0.05, 0) is 23.7 Å². The summed E-state index contributed by atoms with van der Waals surface area (Å²) in [5.74, 6) is -0.331. The molecule has 6 heteroatoms. The van der Waals surface area contributed by atoms with Crippen LogP contribution >= 0.6 is 0 Å². The van der Waals surface area contributed by atoms with Gasteiger partial charge in [0.05, 0.1) is 11.9 Å². The van der Waals surface area contributed by atoms with Gasteiger partial charge in [0.1, 0.15) is 5.69 Å². The third-order valence-corrected chi connectivity index (χ3v) is 2.18. The van der Waals surface area contributed by atoms with E-state index in [1.807, 2.05) is 6.92 Å². The number of nitrogens with zero attached hydrogens (tertiary/aromatic N) is 3. The van der Waals surface area contributed by atoms with Gasteiger partial charge in [-0.2, -0.15) is 0 Å². The van der Waals surface area contributed by atoms with Crippen molar-refractivity contribution in [3.63, 3.8) is 0 Å². The second-order valence-corrected chi connectivity index (χ2v) is 3.51. The van der Waals surface area contributed by atoms with Gasteiger partial charge in [0.2, 0.25) is 0 Å². The number of anilines is 1. The summed E-state index contributed by atoms with van der Waals surface area (Å²) in [5, 5.41) is 10.00. The van der Waals surface area contributed by atoms with Crippen molar-refractivity contribution in [1.82, 2.24) is 15.3 Å². The van der Waals surface area contributed by atoms with Crippen LogP contribution in [-0.2, 0) is 6.42 Å². The monoisotopic (exact) mass is 232 g/mol. The second-order valence-electron chi connectivity index (χ2n) is 3.51. The number of carbonyl (C=O) groups excluding carboxylic acids is 1. The van der Waals surface area contributed by atoms with E-state index >= 15 is 0 Å². The molecular weight excluding hydrogens is 220 g/mol. The zero-order valence-electron chi connectivity index (χ0n) is 9.38. The summed E-state index contributed by atoms with van der Waals surface area (Å²) in [7, 11) is 0. The molecule has 0 aliphatic rings. The largest absolute Gasteiger partial charge is 0.319 e. The third kappa shape index (κ3) is 2.66. The first-order valence-electron chi connectivity index (χ1n) is 5.34. The van der Waals surface area contributed by atoms with Gasteiger partial charge in [-0.1, -0.05) is 18.5 Å². The topological polar surface area (TPSA) is 80.9 Å². The summed E-state index contributed by atoms with van der Waals surface area (Å²) >= 11 is 0. The van der Waals surface area contributed by atoms with Crippen molar-refractivity contribution in [2.24, 2.45) is 0 Å². The van der Waals surface area contributed by atoms with Gasteiger partial charge < -0.3 is 5.32 Å². The summed E-state index contributed by atoms with van der Waals surface area (Å²) in [5.41, 5.74) is 1.42.